The van der Waals surface area contributed by atoms with Gasteiger partial charge in [0.2, 0.25) is 5.91 Å². The Balaban J connectivity index is 1.93. The predicted molar refractivity (Wildman–Crippen MR) is 102 cm³/mol. The van der Waals surface area contributed by atoms with Crippen molar-refractivity contribution in [2.75, 3.05) is 22.5 Å². The molecule has 0 bridgehead atoms. The van der Waals surface area contributed by atoms with E-state index in [2.05, 4.69) is 27.8 Å². The van der Waals surface area contributed by atoms with Gasteiger partial charge in [0.25, 0.3) is 5.91 Å². The van der Waals surface area contributed by atoms with Crippen LogP contribution < -0.4 is 21.3 Å². The molecule has 4 amide bonds. The number of carbonyl (C=O) groups excluding carboxylic acids is 3. The zero-order valence-electron chi connectivity index (χ0n) is 14.3. The van der Waals surface area contributed by atoms with E-state index in [1.165, 1.54) is 6.92 Å². The molecule has 0 saturated carbocycles. The van der Waals surface area contributed by atoms with Crippen LogP contribution >= 0.6 is 0 Å². The summed E-state index contributed by atoms with van der Waals surface area (Å²) < 4.78 is 0. The number of benzene rings is 2. The first-order chi connectivity index (χ1) is 12.5. The lowest BCUT2D eigenvalue weighted by molar-refractivity contribution is -0.114. The van der Waals surface area contributed by atoms with E-state index in [9.17, 15) is 14.4 Å². The molecule has 0 aliphatic heterocycles. The Bertz CT molecular complexity index is 799. The first-order valence-corrected chi connectivity index (χ1v) is 7.93. The highest BCUT2D eigenvalue weighted by Crippen LogP contribution is 2.16. The highest BCUT2D eigenvalue weighted by molar-refractivity contribution is 6.04. The molecule has 134 valence electrons. The minimum absolute atomic E-state index is 0.172. The van der Waals surface area contributed by atoms with Crippen molar-refractivity contribution >= 4 is 34.9 Å². The Morgan fingerprint density at radius 1 is 0.846 bits per heavy atom. The van der Waals surface area contributed by atoms with E-state index in [0.717, 1.165) is 0 Å². The number of nitrogens with one attached hydrogen (secondary N) is 4. The standard InChI is InChI=1S/C19H20N4O3/c1-3-12-20-19(26)23-17-10-8-16(9-11-17)22-18(25)14-4-6-15(7-5-14)21-13(2)24/h3-11H,1,12H2,2H3,(H,21,24)(H,22,25)(H2,20,23,26). The Morgan fingerprint density at radius 2 is 1.35 bits per heavy atom. The van der Waals surface area contributed by atoms with Gasteiger partial charge in [-0.05, 0) is 48.5 Å². The van der Waals surface area contributed by atoms with E-state index >= 15 is 0 Å². The number of hydrogen-bond donors (Lipinski definition) is 4. The normalized spacial score (nSPS) is 9.73. The molecule has 0 atom stereocenters. The summed E-state index contributed by atoms with van der Waals surface area (Å²) >= 11 is 0. The second kappa shape index (κ2) is 9.03. The fourth-order valence-corrected chi connectivity index (χ4v) is 2.09. The first-order valence-electron chi connectivity index (χ1n) is 7.93. The Kier molecular flexibility index (Phi) is 6.50. The van der Waals surface area contributed by atoms with Crippen molar-refractivity contribution in [3.05, 3.63) is 66.7 Å². The lowest BCUT2D eigenvalue weighted by Gasteiger charge is -2.09. The van der Waals surface area contributed by atoms with Crippen LogP contribution in [-0.4, -0.2) is 24.4 Å². The van der Waals surface area contributed by atoms with Crippen molar-refractivity contribution in [2.45, 2.75) is 6.92 Å². The third-order valence-electron chi connectivity index (χ3n) is 3.28. The zero-order chi connectivity index (χ0) is 18.9. The number of anilines is 3. The quantitative estimate of drug-likeness (QED) is 0.601. The second-order valence-electron chi connectivity index (χ2n) is 5.41. The average molecular weight is 352 g/mol. The molecule has 0 saturated heterocycles. The van der Waals surface area contributed by atoms with Gasteiger partial charge in [-0.2, -0.15) is 0 Å². The number of carbonyl (C=O) groups is 3. The smallest absolute Gasteiger partial charge is 0.319 e. The van der Waals surface area contributed by atoms with Crippen molar-refractivity contribution in [3.8, 4) is 0 Å². The summed E-state index contributed by atoms with van der Waals surface area (Å²) in [5.41, 5.74) is 2.28. The highest BCUT2D eigenvalue weighted by Gasteiger charge is 2.07. The van der Waals surface area contributed by atoms with Gasteiger partial charge < -0.3 is 21.3 Å². The monoisotopic (exact) mass is 352 g/mol. The van der Waals surface area contributed by atoms with Crippen LogP contribution in [-0.2, 0) is 4.79 Å². The van der Waals surface area contributed by atoms with Crippen LogP contribution in [0.25, 0.3) is 0 Å². The molecule has 0 spiro atoms. The molecule has 26 heavy (non-hydrogen) atoms. The number of amides is 4. The van der Waals surface area contributed by atoms with Gasteiger partial charge in [0, 0.05) is 36.1 Å². The van der Waals surface area contributed by atoms with Crippen LogP contribution in [0.2, 0.25) is 0 Å². The molecule has 2 aromatic carbocycles. The number of urea groups is 1. The SMILES string of the molecule is C=CCNC(=O)Nc1ccc(NC(=O)c2ccc(NC(C)=O)cc2)cc1. The lowest BCUT2D eigenvalue weighted by Crippen LogP contribution is -2.28. The maximum Gasteiger partial charge on any atom is 0.319 e. The minimum Gasteiger partial charge on any atom is -0.334 e. The third-order valence-corrected chi connectivity index (χ3v) is 3.28. The molecule has 0 aliphatic rings. The van der Waals surface area contributed by atoms with Crippen molar-refractivity contribution in [2.24, 2.45) is 0 Å². The maximum absolute atomic E-state index is 12.2. The van der Waals surface area contributed by atoms with Gasteiger partial charge in [0.05, 0.1) is 0 Å². The van der Waals surface area contributed by atoms with Crippen molar-refractivity contribution in [3.63, 3.8) is 0 Å². The van der Waals surface area contributed by atoms with Gasteiger partial charge in [-0.3, -0.25) is 9.59 Å². The van der Waals surface area contributed by atoms with Crippen LogP contribution in [0, 0.1) is 0 Å². The van der Waals surface area contributed by atoms with Crippen LogP contribution in [0.1, 0.15) is 17.3 Å². The molecular formula is C19H20N4O3. The predicted octanol–water partition coefficient (Wildman–Crippen LogP) is 3.20. The summed E-state index contributed by atoms with van der Waals surface area (Å²) in [4.78, 5) is 34.8. The summed E-state index contributed by atoms with van der Waals surface area (Å²) in [6, 6.07) is 13.0. The Hall–Kier alpha value is -3.61. The summed E-state index contributed by atoms with van der Waals surface area (Å²) in [5, 5.41) is 10.7. The summed E-state index contributed by atoms with van der Waals surface area (Å²) in [5.74, 6) is -0.446. The summed E-state index contributed by atoms with van der Waals surface area (Å²) in [6.07, 6.45) is 1.58. The first kappa shape index (κ1) is 18.7. The molecule has 0 aliphatic carbocycles. The van der Waals surface area contributed by atoms with Crippen LogP contribution in [0.4, 0.5) is 21.9 Å². The van der Waals surface area contributed by atoms with Crippen LogP contribution in [0.5, 0.6) is 0 Å². The van der Waals surface area contributed by atoms with Gasteiger partial charge in [0.15, 0.2) is 0 Å². The van der Waals surface area contributed by atoms with Crippen molar-refractivity contribution < 1.29 is 14.4 Å². The van der Waals surface area contributed by atoms with E-state index in [-0.39, 0.29) is 17.8 Å². The molecule has 0 radical (unpaired) electrons. The topological polar surface area (TPSA) is 99.3 Å². The minimum atomic E-state index is -0.332. The van der Waals surface area contributed by atoms with Crippen LogP contribution in [0.15, 0.2) is 61.2 Å². The molecular weight excluding hydrogens is 332 g/mol. The molecule has 0 unspecified atom stereocenters. The third kappa shape index (κ3) is 5.79. The number of hydrogen-bond acceptors (Lipinski definition) is 3. The molecule has 0 fully saturated rings. The van der Waals surface area contributed by atoms with Crippen molar-refractivity contribution in [1.29, 1.82) is 0 Å². The molecule has 7 heteroatoms. The van der Waals surface area contributed by atoms with Gasteiger partial charge in [-0.1, -0.05) is 6.08 Å². The number of rotatable bonds is 6. The Labute approximate surface area is 151 Å². The molecule has 4 N–H and O–H groups in total. The average Bonchev–Trinajstić information content (AvgIpc) is 2.61. The van der Waals surface area contributed by atoms with Gasteiger partial charge in [-0.25, -0.2) is 4.79 Å². The lowest BCUT2D eigenvalue weighted by atomic mass is 10.2. The van der Waals surface area contributed by atoms with E-state index in [1.807, 2.05) is 0 Å². The fourth-order valence-electron chi connectivity index (χ4n) is 2.09. The maximum atomic E-state index is 12.2. The summed E-state index contributed by atoms with van der Waals surface area (Å²) in [7, 11) is 0. The van der Waals surface area contributed by atoms with Gasteiger partial charge >= 0.3 is 6.03 Å². The Morgan fingerprint density at radius 3 is 1.88 bits per heavy atom. The van der Waals surface area contributed by atoms with E-state index in [0.29, 0.717) is 29.2 Å². The van der Waals surface area contributed by atoms with E-state index in [4.69, 9.17) is 0 Å². The van der Waals surface area contributed by atoms with E-state index < -0.39 is 0 Å². The second-order valence-corrected chi connectivity index (χ2v) is 5.41. The summed E-state index contributed by atoms with van der Waals surface area (Å²) in [6.45, 7) is 5.31. The van der Waals surface area contributed by atoms with E-state index in [1.54, 1.807) is 54.6 Å². The zero-order valence-corrected chi connectivity index (χ0v) is 14.3. The van der Waals surface area contributed by atoms with Gasteiger partial charge in [0.1, 0.15) is 0 Å². The van der Waals surface area contributed by atoms with Crippen molar-refractivity contribution in [1.82, 2.24) is 5.32 Å². The molecule has 0 heterocycles. The largest absolute Gasteiger partial charge is 0.334 e. The molecule has 7 nitrogen and oxygen atoms in total. The molecule has 2 rings (SSSR count). The molecule has 0 aromatic heterocycles. The van der Waals surface area contributed by atoms with Crippen LogP contribution in [0.3, 0.4) is 0 Å². The fraction of sp³-hybridized carbons (Fsp3) is 0.105. The highest BCUT2D eigenvalue weighted by atomic mass is 16.2. The van der Waals surface area contributed by atoms with Gasteiger partial charge in [-0.15, -0.1) is 6.58 Å². The molecule has 2 aromatic rings.